The molecule has 0 saturated carbocycles. The molecule has 10 heteroatoms. The van der Waals surface area contributed by atoms with Gasteiger partial charge in [-0.15, -0.1) is 11.3 Å². The van der Waals surface area contributed by atoms with Crippen LogP contribution in [0, 0.1) is 12.8 Å². The van der Waals surface area contributed by atoms with Crippen molar-refractivity contribution in [3.8, 4) is 16.2 Å². The number of methoxy groups -OCH3 is 1. The Morgan fingerprint density at radius 1 is 1.27 bits per heavy atom. The Labute approximate surface area is 219 Å². The summed E-state index contributed by atoms with van der Waals surface area (Å²) in [6, 6.07) is 6.48. The van der Waals surface area contributed by atoms with Crippen molar-refractivity contribution in [2.45, 2.75) is 32.7 Å². The van der Waals surface area contributed by atoms with E-state index >= 15 is 0 Å². The molecule has 3 N–H and O–H groups in total. The molecular formula is C27H32N6O3S. The number of ether oxygens (including phenoxy) is 2. The lowest BCUT2D eigenvalue weighted by molar-refractivity contribution is -0.122. The first-order valence-corrected chi connectivity index (χ1v) is 13.6. The zero-order chi connectivity index (χ0) is 25.5. The van der Waals surface area contributed by atoms with Crippen molar-refractivity contribution in [3.63, 3.8) is 0 Å². The number of rotatable bonds is 7. The van der Waals surface area contributed by atoms with Gasteiger partial charge in [-0.3, -0.25) is 9.69 Å². The van der Waals surface area contributed by atoms with E-state index in [-0.39, 0.29) is 11.8 Å². The van der Waals surface area contributed by atoms with Gasteiger partial charge in [0.2, 0.25) is 5.91 Å². The van der Waals surface area contributed by atoms with Crippen LogP contribution >= 0.6 is 11.3 Å². The van der Waals surface area contributed by atoms with Crippen molar-refractivity contribution >= 4 is 38.7 Å². The van der Waals surface area contributed by atoms with E-state index in [9.17, 15) is 4.79 Å². The van der Waals surface area contributed by atoms with Gasteiger partial charge in [0.05, 0.1) is 30.7 Å². The smallest absolute Gasteiger partial charge is 0.223 e. The number of nitrogens with zero attached hydrogens (tertiary/aromatic N) is 4. The molecule has 0 radical (unpaired) electrons. The zero-order valence-electron chi connectivity index (χ0n) is 21.2. The van der Waals surface area contributed by atoms with Crippen LogP contribution in [0.3, 0.4) is 0 Å². The van der Waals surface area contributed by atoms with Crippen molar-refractivity contribution in [1.82, 2.24) is 24.8 Å². The van der Waals surface area contributed by atoms with Crippen molar-refractivity contribution in [2.75, 3.05) is 45.7 Å². The van der Waals surface area contributed by atoms with Crippen LogP contribution in [0.5, 0.6) is 5.75 Å². The number of carbonyl (C=O) groups is 1. The molecule has 2 fully saturated rings. The van der Waals surface area contributed by atoms with E-state index in [4.69, 9.17) is 15.2 Å². The summed E-state index contributed by atoms with van der Waals surface area (Å²) in [5.41, 5.74) is 11.9. The maximum Gasteiger partial charge on any atom is 0.223 e. The lowest BCUT2D eigenvalue weighted by atomic mass is 9.95. The number of carbonyl (C=O) groups excluding carboxylic acids is 1. The Kier molecular flexibility index (Phi) is 6.48. The summed E-state index contributed by atoms with van der Waals surface area (Å²) in [6.45, 7) is 6.75. The number of fused-ring (bicyclic) bond motifs is 2. The van der Waals surface area contributed by atoms with E-state index in [0.717, 1.165) is 102 Å². The minimum absolute atomic E-state index is 0.0284. The van der Waals surface area contributed by atoms with E-state index in [2.05, 4.69) is 45.4 Å². The number of thiophene rings is 1. The van der Waals surface area contributed by atoms with E-state index in [0.29, 0.717) is 5.82 Å². The number of nitrogens with one attached hydrogen (secondary N) is 1. The molecule has 37 heavy (non-hydrogen) atoms. The average molecular weight is 521 g/mol. The molecule has 2 saturated heterocycles. The lowest BCUT2D eigenvalue weighted by Gasteiger charge is -2.26. The highest BCUT2D eigenvalue weighted by molar-refractivity contribution is 7.22. The number of nitrogen functional groups attached to an aromatic ring is 1. The zero-order valence-corrected chi connectivity index (χ0v) is 22.1. The SMILES string of the molecule is COc1cc(C)cc2cc(-c3c(CC[C@H]4CCNC4=O)c(CN4CCOCC4)n4ncnc(N)c34)sc12. The third-order valence-corrected chi connectivity index (χ3v) is 8.72. The molecule has 2 aliphatic heterocycles. The van der Waals surface area contributed by atoms with Crippen molar-refractivity contribution in [1.29, 1.82) is 0 Å². The van der Waals surface area contributed by atoms with E-state index < -0.39 is 0 Å². The standard InChI is InChI=1S/C27H32N6O3S/c1-16-11-18-13-22(37-25(18)21(12-16)35-2)23-19(4-3-17-5-6-29-27(17)34)20(14-32-7-9-36-10-8-32)33-24(23)26(28)30-15-31-33/h11-13,15,17H,3-10,14H2,1-2H3,(H,29,34)(H2,28,30,31)/t17-/m0/s1. The second-order valence-corrected chi connectivity index (χ2v) is 11.0. The quantitative estimate of drug-likeness (QED) is 0.385. The fourth-order valence-electron chi connectivity index (χ4n) is 5.67. The molecule has 0 aliphatic carbocycles. The van der Waals surface area contributed by atoms with Gasteiger partial charge in [-0.2, -0.15) is 5.10 Å². The van der Waals surface area contributed by atoms with Gasteiger partial charge >= 0.3 is 0 Å². The van der Waals surface area contributed by atoms with Crippen molar-refractivity contribution in [3.05, 3.63) is 41.3 Å². The van der Waals surface area contributed by atoms with Gasteiger partial charge < -0.3 is 20.5 Å². The molecule has 0 unspecified atom stereocenters. The molecule has 1 amide bonds. The molecule has 4 aromatic rings. The van der Waals surface area contributed by atoms with Crippen LogP contribution in [-0.2, 0) is 22.5 Å². The number of benzene rings is 1. The largest absolute Gasteiger partial charge is 0.495 e. The summed E-state index contributed by atoms with van der Waals surface area (Å²) in [7, 11) is 1.71. The third kappa shape index (κ3) is 4.43. The monoisotopic (exact) mass is 520 g/mol. The maximum atomic E-state index is 12.4. The molecule has 0 bridgehead atoms. The molecular weight excluding hydrogens is 488 g/mol. The summed E-state index contributed by atoms with van der Waals surface area (Å²) in [6.07, 6.45) is 3.95. The fraction of sp³-hybridized carbons (Fsp3) is 0.444. The second-order valence-electron chi connectivity index (χ2n) is 9.91. The van der Waals surface area contributed by atoms with Crippen LogP contribution in [-0.4, -0.2) is 65.4 Å². The van der Waals surface area contributed by atoms with E-state index in [1.165, 1.54) is 11.9 Å². The summed E-state index contributed by atoms with van der Waals surface area (Å²) in [5.74, 6) is 1.51. The number of amides is 1. The first-order chi connectivity index (χ1) is 18.0. The number of hydrogen-bond donors (Lipinski definition) is 2. The topological polar surface area (TPSA) is 107 Å². The molecule has 9 nitrogen and oxygen atoms in total. The van der Waals surface area contributed by atoms with Crippen LogP contribution in [0.25, 0.3) is 26.0 Å². The molecule has 194 valence electrons. The van der Waals surface area contributed by atoms with Crippen LogP contribution < -0.4 is 15.8 Å². The third-order valence-electron chi connectivity index (χ3n) is 7.54. The first kappa shape index (κ1) is 24.1. The van der Waals surface area contributed by atoms with E-state index in [1.807, 2.05) is 4.52 Å². The summed E-state index contributed by atoms with van der Waals surface area (Å²) >= 11 is 1.70. The van der Waals surface area contributed by atoms with Gasteiger partial charge in [0.1, 0.15) is 17.6 Å². The summed E-state index contributed by atoms with van der Waals surface area (Å²) in [5, 5.41) is 8.80. The Bertz CT molecular complexity index is 1470. The van der Waals surface area contributed by atoms with Crippen LogP contribution in [0.15, 0.2) is 24.5 Å². The number of aryl methyl sites for hydroxylation is 1. The fourth-order valence-corrected chi connectivity index (χ4v) is 6.87. The Morgan fingerprint density at radius 3 is 2.86 bits per heavy atom. The van der Waals surface area contributed by atoms with Crippen LogP contribution in [0.4, 0.5) is 5.82 Å². The number of anilines is 1. The minimum atomic E-state index is 0.0284. The van der Waals surface area contributed by atoms with Crippen molar-refractivity contribution in [2.24, 2.45) is 5.92 Å². The highest BCUT2D eigenvalue weighted by atomic mass is 32.1. The Morgan fingerprint density at radius 2 is 2.11 bits per heavy atom. The Hall–Kier alpha value is -3.21. The van der Waals surface area contributed by atoms with Gasteiger partial charge in [-0.1, -0.05) is 6.07 Å². The molecule has 0 spiro atoms. The predicted octanol–water partition coefficient (Wildman–Crippen LogP) is 3.41. The van der Waals surface area contributed by atoms with Crippen molar-refractivity contribution < 1.29 is 14.3 Å². The maximum absolute atomic E-state index is 12.4. The molecule has 1 aromatic carbocycles. The predicted molar refractivity (Wildman–Crippen MR) is 145 cm³/mol. The van der Waals surface area contributed by atoms with Gasteiger partial charge in [0.15, 0.2) is 5.82 Å². The highest BCUT2D eigenvalue weighted by Crippen LogP contribution is 2.45. The second kappa shape index (κ2) is 9.92. The molecule has 5 heterocycles. The molecule has 1 atom stereocenters. The van der Waals surface area contributed by atoms with Crippen LogP contribution in [0.2, 0.25) is 0 Å². The van der Waals surface area contributed by atoms with Gasteiger partial charge in [0.25, 0.3) is 0 Å². The summed E-state index contributed by atoms with van der Waals surface area (Å²) < 4.78 is 14.4. The van der Waals surface area contributed by atoms with Gasteiger partial charge in [-0.05, 0) is 54.8 Å². The van der Waals surface area contributed by atoms with Gasteiger partial charge in [0, 0.05) is 42.5 Å². The normalized spacial score (nSPS) is 18.6. The van der Waals surface area contributed by atoms with Crippen LogP contribution in [0.1, 0.15) is 29.7 Å². The minimum Gasteiger partial charge on any atom is -0.495 e. The average Bonchev–Trinajstić information content (AvgIpc) is 3.59. The number of nitrogens with two attached hydrogens (primary N) is 1. The number of aromatic nitrogens is 3. The number of morpholine rings is 1. The van der Waals surface area contributed by atoms with E-state index in [1.54, 1.807) is 18.4 Å². The molecule has 2 aliphatic rings. The first-order valence-electron chi connectivity index (χ1n) is 12.8. The molecule has 3 aromatic heterocycles. The van der Waals surface area contributed by atoms with Gasteiger partial charge in [-0.25, -0.2) is 9.50 Å². The summed E-state index contributed by atoms with van der Waals surface area (Å²) in [4.78, 5) is 20.3. The number of hydrogen-bond acceptors (Lipinski definition) is 8. The highest BCUT2D eigenvalue weighted by Gasteiger charge is 2.29. The Balaban J connectivity index is 1.54. The molecule has 6 rings (SSSR count). The lowest BCUT2D eigenvalue weighted by Crippen LogP contribution is -2.36.